The van der Waals surface area contributed by atoms with Gasteiger partial charge in [-0.05, 0) is 38.4 Å². The summed E-state index contributed by atoms with van der Waals surface area (Å²) in [5.74, 6) is -0.322. The van der Waals surface area contributed by atoms with E-state index in [0.717, 1.165) is 13.1 Å². The Bertz CT molecular complexity index is 465. The first-order valence-electron chi connectivity index (χ1n) is 7.50. The normalized spacial score (nSPS) is 25.1. The van der Waals surface area contributed by atoms with Gasteiger partial charge in [0, 0.05) is 19.1 Å². The van der Waals surface area contributed by atoms with Crippen molar-refractivity contribution in [2.75, 3.05) is 26.2 Å². The number of carboxylic acid groups (broad SMARTS) is 1. The number of hydrogen-bond acceptors (Lipinski definition) is 4. The topological polar surface area (TPSA) is 56.9 Å². The van der Waals surface area contributed by atoms with Crippen LogP contribution >= 0.6 is 0 Å². The Kier molecular flexibility index (Phi) is 4.08. The molecule has 20 heavy (non-hydrogen) atoms. The fraction of sp³-hybridized carbons (Fsp3) is 0.667. The van der Waals surface area contributed by atoms with Gasteiger partial charge in [-0.1, -0.05) is 6.42 Å². The molecule has 2 saturated heterocycles. The average Bonchev–Trinajstić information content (AvgIpc) is 3.09. The van der Waals surface area contributed by atoms with Crippen LogP contribution in [0, 0.1) is 0 Å². The number of likely N-dealkylation sites (tertiary alicyclic amines) is 2. The van der Waals surface area contributed by atoms with Crippen molar-refractivity contribution in [3.8, 4) is 0 Å². The molecule has 2 aliphatic heterocycles. The van der Waals surface area contributed by atoms with Crippen molar-refractivity contribution in [2.24, 2.45) is 0 Å². The van der Waals surface area contributed by atoms with E-state index in [1.54, 1.807) is 0 Å². The Labute approximate surface area is 119 Å². The highest BCUT2D eigenvalue weighted by Gasteiger charge is 2.29. The summed E-state index contributed by atoms with van der Waals surface area (Å²) in [6, 6.07) is 2.18. The maximum atomic E-state index is 11.1. The molecule has 2 aliphatic rings. The summed E-state index contributed by atoms with van der Waals surface area (Å²) in [5, 5.41) is 9.10. The molecule has 2 fully saturated rings. The van der Waals surface area contributed by atoms with Gasteiger partial charge in [0.2, 0.25) is 0 Å². The van der Waals surface area contributed by atoms with Crippen LogP contribution < -0.4 is 0 Å². The Balaban J connectivity index is 1.57. The molecule has 3 heterocycles. The predicted molar refractivity (Wildman–Crippen MR) is 74.8 cm³/mol. The smallest absolute Gasteiger partial charge is 0.339 e. The molecule has 1 unspecified atom stereocenters. The van der Waals surface area contributed by atoms with Gasteiger partial charge in [-0.2, -0.15) is 0 Å². The van der Waals surface area contributed by atoms with Crippen molar-refractivity contribution >= 4 is 5.97 Å². The molecule has 5 heteroatoms. The van der Waals surface area contributed by atoms with Gasteiger partial charge in [-0.25, -0.2) is 4.79 Å². The first kappa shape index (κ1) is 13.6. The monoisotopic (exact) mass is 278 g/mol. The van der Waals surface area contributed by atoms with Gasteiger partial charge in [0.25, 0.3) is 0 Å². The average molecular weight is 278 g/mol. The number of carbonyl (C=O) groups is 1. The van der Waals surface area contributed by atoms with Gasteiger partial charge in [-0.15, -0.1) is 0 Å². The van der Waals surface area contributed by atoms with Crippen molar-refractivity contribution in [3.63, 3.8) is 0 Å². The second-order valence-corrected chi connectivity index (χ2v) is 5.84. The molecule has 1 aromatic rings. The van der Waals surface area contributed by atoms with Crippen molar-refractivity contribution < 1.29 is 14.3 Å². The lowest BCUT2D eigenvalue weighted by atomic mass is 10.1. The van der Waals surface area contributed by atoms with E-state index in [1.807, 2.05) is 0 Å². The number of hydrogen-bond donors (Lipinski definition) is 1. The Morgan fingerprint density at radius 2 is 2.10 bits per heavy atom. The van der Waals surface area contributed by atoms with Crippen LogP contribution in [0.15, 0.2) is 16.7 Å². The second kappa shape index (κ2) is 5.97. The van der Waals surface area contributed by atoms with Gasteiger partial charge >= 0.3 is 5.97 Å². The minimum atomic E-state index is -0.902. The Morgan fingerprint density at radius 3 is 2.85 bits per heavy atom. The van der Waals surface area contributed by atoms with E-state index in [4.69, 9.17) is 9.52 Å². The molecule has 1 atom stereocenters. The summed E-state index contributed by atoms with van der Waals surface area (Å²) >= 11 is 0. The van der Waals surface area contributed by atoms with Crippen LogP contribution in [0.3, 0.4) is 0 Å². The van der Waals surface area contributed by atoms with Gasteiger partial charge in [-0.3, -0.25) is 9.80 Å². The summed E-state index contributed by atoms with van der Waals surface area (Å²) in [6.07, 6.45) is 6.65. The van der Waals surface area contributed by atoms with E-state index >= 15 is 0 Å². The minimum Gasteiger partial charge on any atom is -0.478 e. The Morgan fingerprint density at radius 1 is 1.30 bits per heavy atom. The second-order valence-electron chi connectivity index (χ2n) is 5.84. The molecule has 0 aromatic carbocycles. The van der Waals surface area contributed by atoms with Crippen molar-refractivity contribution in [1.82, 2.24) is 9.80 Å². The SMILES string of the molecule is O=C(O)c1ccoc1CN1CCC(N2CCCCC2)C1. The van der Waals surface area contributed by atoms with Crippen molar-refractivity contribution in [1.29, 1.82) is 0 Å². The van der Waals surface area contributed by atoms with Crippen LogP contribution in [0.2, 0.25) is 0 Å². The fourth-order valence-electron chi connectivity index (χ4n) is 3.39. The molecule has 3 rings (SSSR count). The maximum Gasteiger partial charge on any atom is 0.339 e. The zero-order valence-corrected chi connectivity index (χ0v) is 11.8. The molecule has 0 amide bonds. The highest BCUT2D eigenvalue weighted by Crippen LogP contribution is 2.22. The first-order valence-corrected chi connectivity index (χ1v) is 7.50. The largest absolute Gasteiger partial charge is 0.478 e. The summed E-state index contributed by atoms with van der Waals surface area (Å²) in [4.78, 5) is 16.0. The summed E-state index contributed by atoms with van der Waals surface area (Å²) < 4.78 is 5.33. The van der Waals surface area contributed by atoms with Gasteiger partial charge in [0.1, 0.15) is 11.3 Å². The molecule has 110 valence electrons. The van der Waals surface area contributed by atoms with E-state index in [2.05, 4.69) is 9.80 Å². The molecular formula is C15H22N2O3. The van der Waals surface area contributed by atoms with Crippen LogP contribution in [-0.4, -0.2) is 53.1 Å². The van der Waals surface area contributed by atoms with E-state index in [1.165, 1.54) is 51.1 Å². The third-order valence-corrected chi connectivity index (χ3v) is 4.50. The van der Waals surface area contributed by atoms with Crippen LogP contribution in [0.1, 0.15) is 41.8 Å². The van der Waals surface area contributed by atoms with E-state index in [-0.39, 0.29) is 0 Å². The van der Waals surface area contributed by atoms with Crippen LogP contribution in [-0.2, 0) is 6.54 Å². The molecule has 0 spiro atoms. The quantitative estimate of drug-likeness (QED) is 0.913. The lowest BCUT2D eigenvalue weighted by Crippen LogP contribution is -2.40. The van der Waals surface area contributed by atoms with E-state index < -0.39 is 5.97 Å². The van der Waals surface area contributed by atoms with Crippen LogP contribution in [0.25, 0.3) is 0 Å². The van der Waals surface area contributed by atoms with Crippen molar-refractivity contribution in [2.45, 2.75) is 38.3 Å². The molecule has 1 aromatic heterocycles. The molecule has 0 aliphatic carbocycles. The highest BCUT2D eigenvalue weighted by molar-refractivity contribution is 5.88. The van der Waals surface area contributed by atoms with Crippen molar-refractivity contribution in [3.05, 3.63) is 23.7 Å². The predicted octanol–water partition coefficient (Wildman–Crippen LogP) is 2.04. The van der Waals surface area contributed by atoms with E-state index in [9.17, 15) is 4.79 Å². The fourth-order valence-corrected chi connectivity index (χ4v) is 3.39. The van der Waals surface area contributed by atoms with E-state index in [0.29, 0.717) is 23.9 Å². The highest BCUT2D eigenvalue weighted by atomic mass is 16.4. The number of carboxylic acids is 1. The van der Waals surface area contributed by atoms with Gasteiger partial charge in [0.15, 0.2) is 0 Å². The van der Waals surface area contributed by atoms with Gasteiger partial charge < -0.3 is 9.52 Å². The number of nitrogens with zero attached hydrogens (tertiary/aromatic N) is 2. The third-order valence-electron chi connectivity index (χ3n) is 4.50. The lowest BCUT2D eigenvalue weighted by Gasteiger charge is -2.32. The third kappa shape index (κ3) is 2.88. The number of piperidine rings is 1. The molecule has 0 bridgehead atoms. The zero-order chi connectivity index (χ0) is 13.9. The summed E-state index contributed by atoms with van der Waals surface area (Å²) in [7, 11) is 0. The molecule has 0 saturated carbocycles. The standard InChI is InChI=1S/C15H22N2O3/c18-15(19)13-5-9-20-14(13)11-16-8-4-12(10-16)17-6-2-1-3-7-17/h5,9,12H,1-4,6-8,10-11H2,(H,18,19). The Hall–Kier alpha value is -1.33. The number of aromatic carboxylic acids is 1. The molecule has 0 radical (unpaired) electrons. The first-order chi connectivity index (χ1) is 9.74. The molecule has 1 N–H and O–H groups in total. The molecule has 5 nitrogen and oxygen atoms in total. The number of furan rings is 1. The maximum absolute atomic E-state index is 11.1. The summed E-state index contributed by atoms with van der Waals surface area (Å²) in [5.41, 5.74) is 0.298. The lowest BCUT2D eigenvalue weighted by molar-refractivity contribution is 0.0692. The molecular weight excluding hydrogens is 256 g/mol. The van der Waals surface area contributed by atoms with Gasteiger partial charge in [0.05, 0.1) is 12.8 Å². The minimum absolute atomic E-state index is 0.298. The van der Waals surface area contributed by atoms with Crippen LogP contribution in [0.5, 0.6) is 0 Å². The summed E-state index contributed by atoms with van der Waals surface area (Å²) in [6.45, 7) is 5.11. The number of rotatable bonds is 4. The van der Waals surface area contributed by atoms with Crippen LogP contribution in [0.4, 0.5) is 0 Å². The zero-order valence-electron chi connectivity index (χ0n) is 11.8.